The molecular formula is C19H21FN6O5. The quantitative estimate of drug-likeness (QED) is 0.641. The number of anilines is 1. The highest BCUT2D eigenvalue weighted by Crippen LogP contribution is 2.30. The number of carbonyl (C=O) groups excluding carboxylic acids is 2. The number of aromatic nitrogens is 4. The lowest BCUT2D eigenvalue weighted by Gasteiger charge is -2.28. The van der Waals surface area contributed by atoms with E-state index in [9.17, 15) is 19.1 Å². The largest absolute Gasteiger partial charge is 0.442 e. The zero-order chi connectivity index (χ0) is 22.0. The average molecular weight is 432 g/mol. The number of amides is 2. The number of aliphatic hydroxyl groups excluding tert-OH is 2. The van der Waals surface area contributed by atoms with Crippen molar-refractivity contribution in [2.75, 3.05) is 31.1 Å². The van der Waals surface area contributed by atoms with Crippen LogP contribution in [0.3, 0.4) is 0 Å². The number of hydrogen-bond donors (Lipinski definition) is 2. The number of carbonyl (C=O) groups is 2. The third-order valence-corrected chi connectivity index (χ3v) is 5.22. The van der Waals surface area contributed by atoms with Crippen LogP contribution in [-0.4, -0.2) is 85.8 Å². The van der Waals surface area contributed by atoms with E-state index in [4.69, 9.17) is 9.84 Å². The van der Waals surface area contributed by atoms with Gasteiger partial charge in [0.1, 0.15) is 18.5 Å². The SMILES string of the molecule is O=C([C@@H](O)CO)N1CC=C(c2ccc(N3C[C@H](Cn4ncnn4)OC3=O)cc2F)CC1. The predicted octanol–water partition coefficient (Wildman–Crippen LogP) is -0.194. The van der Waals surface area contributed by atoms with E-state index in [0.717, 1.165) is 5.57 Å². The maximum Gasteiger partial charge on any atom is 0.414 e. The Bertz CT molecular complexity index is 998. The molecule has 12 heteroatoms. The van der Waals surface area contributed by atoms with Crippen LogP contribution in [0, 0.1) is 5.82 Å². The molecule has 3 heterocycles. The first-order valence-electron chi connectivity index (χ1n) is 9.72. The fraction of sp³-hybridized carbons (Fsp3) is 0.421. The first-order chi connectivity index (χ1) is 15.0. The highest BCUT2D eigenvalue weighted by molar-refractivity contribution is 5.90. The van der Waals surface area contributed by atoms with E-state index in [-0.39, 0.29) is 19.6 Å². The zero-order valence-electron chi connectivity index (χ0n) is 16.5. The van der Waals surface area contributed by atoms with Gasteiger partial charge in [-0.3, -0.25) is 9.69 Å². The number of halogens is 1. The molecule has 1 saturated heterocycles. The molecule has 2 aromatic rings. The molecule has 2 aliphatic rings. The van der Waals surface area contributed by atoms with Gasteiger partial charge in [-0.05, 0) is 35.4 Å². The molecule has 2 aliphatic heterocycles. The standard InChI is InChI=1S/C19H21FN6O5/c20-16-7-13(25-8-14(31-19(25)30)9-26-22-11-21-23-26)1-2-15(16)12-3-5-24(6-4-12)18(29)17(28)10-27/h1-3,7,11,14,17,27-28H,4-6,8-10H2/t14-,17+/m1/s1. The lowest BCUT2D eigenvalue weighted by molar-refractivity contribution is -0.141. The minimum absolute atomic E-state index is 0.211. The lowest BCUT2D eigenvalue weighted by Crippen LogP contribution is -2.42. The van der Waals surface area contributed by atoms with Crippen molar-refractivity contribution < 1.29 is 28.9 Å². The molecule has 1 fully saturated rings. The monoisotopic (exact) mass is 432 g/mol. The molecule has 164 valence electrons. The third-order valence-electron chi connectivity index (χ3n) is 5.22. The van der Waals surface area contributed by atoms with Gasteiger partial charge in [0, 0.05) is 18.7 Å². The molecule has 2 N–H and O–H groups in total. The maximum absolute atomic E-state index is 14.9. The van der Waals surface area contributed by atoms with Gasteiger partial charge in [-0.2, -0.15) is 4.80 Å². The second-order valence-corrected chi connectivity index (χ2v) is 7.23. The van der Waals surface area contributed by atoms with Crippen molar-refractivity contribution in [2.24, 2.45) is 0 Å². The first-order valence-corrected chi connectivity index (χ1v) is 9.72. The third kappa shape index (κ3) is 4.39. The van der Waals surface area contributed by atoms with Crippen LogP contribution in [-0.2, 0) is 16.1 Å². The topological polar surface area (TPSA) is 134 Å². The fourth-order valence-electron chi connectivity index (χ4n) is 3.62. The molecule has 2 amide bonds. The summed E-state index contributed by atoms with van der Waals surface area (Å²) in [5.41, 5.74) is 1.49. The molecule has 11 nitrogen and oxygen atoms in total. The minimum Gasteiger partial charge on any atom is -0.442 e. The van der Waals surface area contributed by atoms with Gasteiger partial charge in [-0.15, -0.1) is 10.2 Å². The fourth-order valence-corrected chi connectivity index (χ4v) is 3.62. The van der Waals surface area contributed by atoms with Crippen molar-refractivity contribution in [3.8, 4) is 0 Å². The van der Waals surface area contributed by atoms with Crippen molar-refractivity contribution in [3.63, 3.8) is 0 Å². The summed E-state index contributed by atoms with van der Waals surface area (Å²) in [6.07, 6.45) is 0.893. The van der Waals surface area contributed by atoms with Crippen LogP contribution >= 0.6 is 0 Å². The van der Waals surface area contributed by atoms with Crippen molar-refractivity contribution >= 4 is 23.3 Å². The predicted molar refractivity (Wildman–Crippen MR) is 104 cm³/mol. The van der Waals surface area contributed by atoms with E-state index in [0.29, 0.717) is 24.2 Å². The molecule has 2 atom stereocenters. The summed E-state index contributed by atoms with van der Waals surface area (Å²) in [6.45, 7) is 0.349. The number of benzene rings is 1. The first kappa shape index (κ1) is 20.9. The Labute approximate surface area is 176 Å². The molecule has 0 aliphatic carbocycles. The van der Waals surface area contributed by atoms with Gasteiger partial charge in [0.25, 0.3) is 5.91 Å². The Hall–Kier alpha value is -3.38. The minimum atomic E-state index is -1.45. The summed E-state index contributed by atoms with van der Waals surface area (Å²) < 4.78 is 20.2. The van der Waals surface area contributed by atoms with E-state index in [2.05, 4.69) is 15.4 Å². The lowest BCUT2D eigenvalue weighted by atomic mass is 9.98. The Morgan fingerprint density at radius 3 is 2.87 bits per heavy atom. The van der Waals surface area contributed by atoms with Gasteiger partial charge < -0.3 is 19.8 Å². The van der Waals surface area contributed by atoms with Crippen molar-refractivity contribution in [1.82, 2.24) is 25.1 Å². The van der Waals surface area contributed by atoms with Crippen LogP contribution in [0.2, 0.25) is 0 Å². The van der Waals surface area contributed by atoms with Gasteiger partial charge in [0.05, 0.1) is 18.8 Å². The van der Waals surface area contributed by atoms with E-state index < -0.39 is 36.6 Å². The summed E-state index contributed by atoms with van der Waals surface area (Å²) in [5, 5.41) is 29.6. The number of cyclic esters (lactones) is 1. The number of tetrazole rings is 1. The Balaban J connectivity index is 1.43. The molecular weight excluding hydrogens is 411 g/mol. The van der Waals surface area contributed by atoms with Gasteiger partial charge in [-0.25, -0.2) is 9.18 Å². The van der Waals surface area contributed by atoms with E-state index in [1.165, 1.54) is 27.0 Å². The molecule has 0 radical (unpaired) electrons. The van der Waals surface area contributed by atoms with Crippen LogP contribution < -0.4 is 4.90 Å². The van der Waals surface area contributed by atoms with E-state index in [1.807, 2.05) is 0 Å². The van der Waals surface area contributed by atoms with Crippen LogP contribution in [0.1, 0.15) is 12.0 Å². The second-order valence-electron chi connectivity index (χ2n) is 7.23. The van der Waals surface area contributed by atoms with Crippen LogP contribution in [0.4, 0.5) is 14.9 Å². The number of aliphatic hydroxyl groups is 2. The smallest absolute Gasteiger partial charge is 0.414 e. The summed E-state index contributed by atoms with van der Waals surface area (Å²) >= 11 is 0. The number of rotatable bonds is 6. The van der Waals surface area contributed by atoms with Crippen LogP contribution in [0.15, 0.2) is 30.6 Å². The number of ether oxygens (including phenoxy) is 1. The molecule has 0 spiro atoms. The maximum atomic E-state index is 14.9. The Kier molecular flexibility index (Phi) is 5.91. The molecule has 1 aromatic heterocycles. The van der Waals surface area contributed by atoms with Gasteiger partial charge in [-0.1, -0.05) is 6.08 Å². The summed E-state index contributed by atoms with van der Waals surface area (Å²) in [7, 11) is 0. The van der Waals surface area contributed by atoms with Crippen LogP contribution in [0.5, 0.6) is 0 Å². The van der Waals surface area contributed by atoms with E-state index >= 15 is 0 Å². The zero-order valence-corrected chi connectivity index (χ0v) is 16.5. The molecule has 1 aromatic carbocycles. The average Bonchev–Trinajstić information content (AvgIpc) is 3.42. The molecule has 0 unspecified atom stereocenters. The molecule has 0 saturated carbocycles. The van der Waals surface area contributed by atoms with Gasteiger partial charge in [0.2, 0.25) is 0 Å². The highest BCUT2D eigenvalue weighted by Gasteiger charge is 2.33. The van der Waals surface area contributed by atoms with E-state index in [1.54, 1.807) is 18.2 Å². The van der Waals surface area contributed by atoms with Gasteiger partial charge in [0.15, 0.2) is 12.4 Å². The molecule has 4 rings (SSSR count). The van der Waals surface area contributed by atoms with Crippen molar-refractivity contribution in [1.29, 1.82) is 0 Å². The van der Waals surface area contributed by atoms with Crippen LogP contribution in [0.25, 0.3) is 5.57 Å². The summed E-state index contributed by atoms with van der Waals surface area (Å²) in [4.78, 5) is 28.2. The highest BCUT2D eigenvalue weighted by atomic mass is 19.1. The van der Waals surface area contributed by atoms with Crippen molar-refractivity contribution in [3.05, 3.63) is 42.0 Å². The second kappa shape index (κ2) is 8.78. The summed E-state index contributed by atoms with van der Waals surface area (Å²) in [6, 6.07) is 4.51. The molecule has 0 bridgehead atoms. The Morgan fingerprint density at radius 2 is 2.23 bits per heavy atom. The number of hydrogen-bond acceptors (Lipinski definition) is 8. The summed E-state index contributed by atoms with van der Waals surface area (Å²) in [5.74, 6) is -1.05. The van der Waals surface area contributed by atoms with Gasteiger partial charge >= 0.3 is 6.09 Å². The molecule has 31 heavy (non-hydrogen) atoms. The van der Waals surface area contributed by atoms with Crippen molar-refractivity contribution in [2.45, 2.75) is 25.2 Å². The Morgan fingerprint density at radius 1 is 1.39 bits per heavy atom. The number of nitrogens with zero attached hydrogens (tertiary/aromatic N) is 6. The normalized spacial score (nSPS) is 19.9.